The van der Waals surface area contributed by atoms with Crippen LogP contribution in [-0.4, -0.2) is 21.5 Å². The van der Waals surface area contributed by atoms with E-state index in [0.717, 1.165) is 33.2 Å². The molecule has 7 heteroatoms. The first-order valence-electron chi connectivity index (χ1n) is 11.1. The first-order valence-corrected chi connectivity index (χ1v) is 11.9. The number of fused-ring (bicyclic) bond motifs is 1. The number of nitrogens with one attached hydrogen (secondary N) is 1. The summed E-state index contributed by atoms with van der Waals surface area (Å²) >= 11 is 11.8. The molecule has 1 fully saturated rings. The van der Waals surface area contributed by atoms with Gasteiger partial charge in [-0.2, -0.15) is 0 Å². The fourth-order valence-corrected chi connectivity index (χ4v) is 4.79. The molecule has 5 rings (SSSR count). The van der Waals surface area contributed by atoms with Gasteiger partial charge in [-0.05, 0) is 67.0 Å². The molecule has 35 heavy (non-hydrogen) atoms. The van der Waals surface area contributed by atoms with Gasteiger partial charge in [0.25, 0.3) is 11.8 Å². The number of anilines is 1. The summed E-state index contributed by atoms with van der Waals surface area (Å²) in [4.78, 5) is 27.9. The summed E-state index contributed by atoms with van der Waals surface area (Å²) in [6, 6.07) is 21.4. The van der Waals surface area contributed by atoms with Crippen molar-refractivity contribution in [1.29, 1.82) is 0 Å². The van der Waals surface area contributed by atoms with Crippen LogP contribution in [-0.2, 0) is 16.1 Å². The van der Waals surface area contributed by atoms with Gasteiger partial charge in [-0.1, -0.05) is 60.1 Å². The van der Waals surface area contributed by atoms with E-state index in [1.165, 1.54) is 4.90 Å². The van der Waals surface area contributed by atoms with Gasteiger partial charge >= 0.3 is 0 Å². The second kappa shape index (κ2) is 9.13. The number of thiocarbonyl (C=S) groups is 1. The Labute approximate surface area is 213 Å². The van der Waals surface area contributed by atoms with E-state index in [0.29, 0.717) is 17.3 Å². The van der Waals surface area contributed by atoms with Crippen molar-refractivity contribution in [2.45, 2.75) is 20.4 Å². The minimum atomic E-state index is -0.510. The molecule has 2 heterocycles. The summed E-state index contributed by atoms with van der Waals surface area (Å²) in [6.07, 6.45) is 3.58. The molecule has 1 aliphatic heterocycles. The van der Waals surface area contributed by atoms with Gasteiger partial charge in [0.2, 0.25) is 0 Å². The number of aryl methyl sites for hydroxylation is 2. The Kier molecular flexibility index (Phi) is 6.01. The van der Waals surface area contributed by atoms with Gasteiger partial charge in [-0.3, -0.25) is 19.8 Å². The van der Waals surface area contributed by atoms with Crippen LogP contribution in [0.4, 0.5) is 5.69 Å². The lowest BCUT2D eigenvalue weighted by Crippen LogP contribution is -2.54. The normalized spacial score (nSPS) is 15.2. The van der Waals surface area contributed by atoms with Crippen LogP contribution in [0.25, 0.3) is 17.0 Å². The average Bonchev–Trinajstić information content (AvgIpc) is 3.17. The molecule has 1 aliphatic rings. The number of hydrogen-bond donors (Lipinski definition) is 1. The number of nitrogens with zero attached hydrogens (tertiary/aromatic N) is 2. The van der Waals surface area contributed by atoms with E-state index in [1.807, 2.05) is 86.8 Å². The van der Waals surface area contributed by atoms with Gasteiger partial charge < -0.3 is 4.57 Å². The number of aromatic nitrogens is 1. The summed E-state index contributed by atoms with van der Waals surface area (Å²) in [6.45, 7) is 4.42. The lowest BCUT2D eigenvalue weighted by atomic mass is 10.0. The Morgan fingerprint density at radius 3 is 2.54 bits per heavy atom. The highest BCUT2D eigenvalue weighted by atomic mass is 35.5. The van der Waals surface area contributed by atoms with Crippen LogP contribution in [0, 0.1) is 13.8 Å². The zero-order chi connectivity index (χ0) is 24.7. The van der Waals surface area contributed by atoms with Crippen molar-refractivity contribution in [1.82, 2.24) is 9.88 Å². The molecule has 174 valence electrons. The molecule has 0 saturated carbocycles. The van der Waals surface area contributed by atoms with E-state index in [2.05, 4.69) is 9.88 Å². The third-order valence-electron chi connectivity index (χ3n) is 6.12. The van der Waals surface area contributed by atoms with Gasteiger partial charge in [0.1, 0.15) is 5.57 Å². The molecule has 0 unspecified atom stereocenters. The van der Waals surface area contributed by atoms with Crippen LogP contribution < -0.4 is 10.2 Å². The fraction of sp³-hybridized carbons (Fsp3) is 0.107. The van der Waals surface area contributed by atoms with Crippen molar-refractivity contribution in [2.24, 2.45) is 0 Å². The van der Waals surface area contributed by atoms with Crippen molar-refractivity contribution < 1.29 is 9.59 Å². The van der Waals surface area contributed by atoms with Crippen LogP contribution in [0.3, 0.4) is 0 Å². The second-order valence-corrected chi connectivity index (χ2v) is 9.36. The first kappa shape index (κ1) is 23.0. The molecule has 0 spiro atoms. The van der Waals surface area contributed by atoms with Crippen LogP contribution >= 0.6 is 23.8 Å². The third-order valence-corrected chi connectivity index (χ3v) is 6.78. The van der Waals surface area contributed by atoms with E-state index in [4.69, 9.17) is 23.8 Å². The first-order chi connectivity index (χ1) is 16.8. The highest BCUT2D eigenvalue weighted by molar-refractivity contribution is 7.80. The van der Waals surface area contributed by atoms with E-state index < -0.39 is 11.8 Å². The van der Waals surface area contributed by atoms with Crippen LogP contribution in [0.15, 0.2) is 78.5 Å². The van der Waals surface area contributed by atoms with Gasteiger partial charge in [0.15, 0.2) is 5.11 Å². The molecule has 0 aliphatic carbocycles. The fourth-order valence-electron chi connectivity index (χ4n) is 4.32. The van der Waals surface area contributed by atoms with Crippen molar-refractivity contribution in [3.05, 3.63) is 106 Å². The topological polar surface area (TPSA) is 54.3 Å². The second-order valence-electron chi connectivity index (χ2n) is 8.57. The Morgan fingerprint density at radius 1 is 1.00 bits per heavy atom. The highest BCUT2D eigenvalue weighted by Gasteiger charge is 2.35. The third kappa shape index (κ3) is 4.27. The number of halogens is 1. The van der Waals surface area contributed by atoms with Crippen molar-refractivity contribution in [2.75, 3.05) is 4.90 Å². The Bertz CT molecular complexity index is 1550. The minimum Gasteiger partial charge on any atom is -0.342 e. The predicted molar refractivity (Wildman–Crippen MR) is 145 cm³/mol. The number of amides is 2. The number of benzene rings is 3. The predicted octanol–water partition coefficient (Wildman–Crippen LogP) is 5.79. The number of carbonyl (C=O) groups is 2. The Hall–Kier alpha value is -3.74. The van der Waals surface area contributed by atoms with Crippen LogP contribution in [0.2, 0.25) is 5.02 Å². The number of hydrogen-bond acceptors (Lipinski definition) is 3. The molecule has 1 N–H and O–H groups in total. The quantitative estimate of drug-likeness (QED) is 0.219. The monoisotopic (exact) mass is 499 g/mol. The maximum Gasteiger partial charge on any atom is 0.270 e. The van der Waals surface area contributed by atoms with E-state index in [-0.39, 0.29) is 10.7 Å². The van der Waals surface area contributed by atoms with Gasteiger partial charge in [-0.15, -0.1) is 0 Å². The molecule has 0 radical (unpaired) electrons. The molecule has 1 aromatic heterocycles. The summed E-state index contributed by atoms with van der Waals surface area (Å²) < 4.78 is 2.07. The highest BCUT2D eigenvalue weighted by Crippen LogP contribution is 2.29. The standard InChI is InChI=1S/C28H22ClN3O2S/c1-17-11-12-18(2)25(13-17)32-27(34)22(26(33)30-28(32)35)14-20-16-31(24-10-6-4-8-21(20)24)15-19-7-3-5-9-23(19)29/h3-14,16H,15H2,1-2H3,(H,30,33,35)/b22-14+. The molecule has 0 bridgehead atoms. The smallest absolute Gasteiger partial charge is 0.270 e. The lowest BCUT2D eigenvalue weighted by Gasteiger charge is -2.30. The van der Waals surface area contributed by atoms with Crippen molar-refractivity contribution in [3.63, 3.8) is 0 Å². The molecule has 3 aromatic carbocycles. The molecule has 5 nitrogen and oxygen atoms in total. The van der Waals surface area contributed by atoms with Crippen LogP contribution in [0.5, 0.6) is 0 Å². The summed E-state index contributed by atoms with van der Waals surface area (Å²) in [5.74, 6) is -0.958. The van der Waals surface area contributed by atoms with Gasteiger partial charge in [0.05, 0.1) is 5.69 Å². The van der Waals surface area contributed by atoms with Crippen LogP contribution in [0.1, 0.15) is 22.3 Å². The maximum atomic E-state index is 13.6. The summed E-state index contributed by atoms with van der Waals surface area (Å²) in [5.41, 5.74) is 5.29. The van der Waals surface area contributed by atoms with E-state index >= 15 is 0 Å². The molecule has 1 saturated heterocycles. The molecule has 4 aromatic rings. The number of para-hydroxylation sites is 1. The largest absolute Gasteiger partial charge is 0.342 e. The Morgan fingerprint density at radius 2 is 1.74 bits per heavy atom. The van der Waals surface area contributed by atoms with Gasteiger partial charge in [0, 0.05) is 34.2 Å². The number of rotatable bonds is 4. The van der Waals surface area contributed by atoms with E-state index in [1.54, 1.807) is 6.08 Å². The summed E-state index contributed by atoms with van der Waals surface area (Å²) in [5, 5.41) is 4.37. The number of carbonyl (C=O) groups excluding carboxylic acids is 2. The summed E-state index contributed by atoms with van der Waals surface area (Å²) in [7, 11) is 0. The zero-order valence-corrected chi connectivity index (χ0v) is 20.8. The van der Waals surface area contributed by atoms with Crippen molar-refractivity contribution in [3.8, 4) is 0 Å². The minimum absolute atomic E-state index is 0.0279. The molecule has 0 atom stereocenters. The average molecular weight is 500 g/mol. The molecule has 2 amide bonds. The van der Waals surface area contributed by atoms with Gasteiger partial charge in [-0.25, -0.2) is 0 Å². The maximum absolute atomic E-state index is 13.6. The zero-order valence-electron chi connectivity index (χ0n) is 19.2. The molecular formula is C28H22ClN3O2S. The van der Waals surface area contributed by atoms with E-state index in [9.17, 15) is 9.59 Å². The molecular weight excluding hydrogens is 478 g/mol. The lowest BCUT2D eigenvalue weighted by molar-refractivity contribution is -0.122. The Balaban J connectivity index is 1.59. The van der Waals surface area contributed by atoms with Crippen molar-refractivity contribution >= 4 is 63.4 Å². The SMILES string of the molecule is Cc1ccc(C)c(N2C(=O)/C(=C/c3cn(Cc4ccccc4Cl)c4ccccc34)C(=O)NC2=S)c1.